The van der Waals surface area contributed by atoms with Crippen molar-refractivity contribution in [2.45, 2.75) is 13.0 Å². The molecule has 144 valence electrons. The Bertz CT molecular complexity index is 1120. The van der Waals surface area contributed by atoms with Crippen molar-refractivity contribution >= 4 is 23.1 Å². The third kappa shape index (κ3) is 4.20. The smallest absolute Gasteiger partial charge is 0.249 e. The van der Waals surface area contributed by atoms with Crippen LogP contribution < -0.4 is 5.32 Å². The average Bonchev–Trinajstić information content (AvgIpc) is 3.23. The molecule has 1 unspecified atom stereocenters. The molecule has 29 heavy (non-hydrogen) atoms. The SMILES string of the molecule is CC(=O)c1ccc(NC(c2ccccc2)c2nnc(-c3ccccc3Cl)o2)cc1. The van der Waals surface area contributed by atoms with Gasteiger partial charge in [-0.1, -0.05) is 54.1 Å². The average molecular weight is 404 g/mol. The van der Waals surface area contributed by atoms with E-state index in [0.29, 0.717) is 27.9 Å². The molecule has 0 bridgehead atoms. The minimum absolute atomic E-state index is 0.0254. The van der Waals surface area contributed by atoms with Crippen LogP contribution in [0.4, 0.5) is 5.69 Å². The number of hydrogen-bond donors (Lipinski definition) is 1. The number of benzene rings is 3. The van der Waals surface area contributed by atoms with Crippen LogP contribution in [0.5, 0.6) is 0 Å². The van der Waals surface area contributed by atoms with E-state index in [-0.39, 0.29) is 11.8 Å². The van der Waals surface area contributed by atoms with Gasteiger partial charge in [0.2, 0.25) is 11.8 Å². The highest BCUT2D eigenvalue weighted by molar-refractivity contribution is 6.33. The first-order valence-corrected chi connectivity index (χ1v) is 9.50. The number of hydrogen-bond acceptors (Lipinski definition) is 5. The lowest BCUT2D eigenvalue weighted by Crippen LogP contribution is -2.13. The predicted octanol–water partition coefficient (Wildman–Crippen LogP) is 5.79. The number of carbonyl (C=O) groups is 1. The summed E-state index contributed by atoms with van der Waals surface area (Å²) >= 11 is 6.26. The molecule has 1 atom stereocenters. The van der Waals surface area contributed by atoms with E-state index in [1.54, 1.807) is 25.1 Å². The number of anilines is 1. The molecule has 5 nitrogen and oxygen atoms in total. The molecule has 0 aliphatic heterocycles. The minimum Gasteiger partial charge on any atom is -0.418 e. The van der Waals surface area contributed by atoms with Crippen molar-refractivity contribution in [2.24, 2.45) is 0 Å². The van der Waals surface area contributed by atoms with Crippen LogP contribution in [0.1, 0.15) is 34.8 Å². The monoisotopic (exact) mass is 403 g/mol. The molecule has 1 aromatic heterocycles. The van der Waals surface area contributed by atoms with E-state index in [4.69, 9.17) is 16.0 Å². The molecule has 3 aromatic carbocycles. The molecular weight excluding hydrogens is 386 g/mol. The highest BCUT2D eigenvalue weighted by Crippen LogP contribution is 2.31. The van der Waals surface area contributed by atoms with Gasteiger partial charge < -0.3 is 9.73 Å². The molecule has 4 aromatic rings. The van der Waals surface area contributed by atoms with Gasteiger partial charge in [0.25, 0.3) is 0 Å². The van der Waals surface area contributed by atoms with E-state index < -0.39 is 0 Å². The zero-order valence-corrected chi connectivity index (χ0v) is 16.4. The van der Waals surface area contributed by atoms with E-state index in [0.717, 1.165) is 11.3 Å². The van der Waals surface area contributed by atoms with Crippen LogP contribution in [0, 0.1) is 0 Å². The highest BCUT2D eigenvalue weighted by atomic mass is 35.5. The van der Waals surface area contributed by atoms with E-state index in [2.05, 4.69) is 15.5 Å². The fraction of sp³-hybridized carbons (Fsp3) is 0.0870. The van der Waals surface area contributed by atoms with Gasteiger partial charge in [-0.05, 0) is 48.9 Å². The summed E-state index contributed by atoms with van der Waals surface area (Å²) in [6.07, 6.45) is 0. The number of Topliss-reactive ketones (excluding diaryl/α,β-unsaturated/α-hetero) is 1. The van der Waals surface area contributed by atoms with Gasteiger partial charge >= 0.3 is 0 Å². The van der Waals surface area contributed by atoms with Crippen molar-refractivity contribution in [3.8, 4) is 11.5 Å². The fourth-order valence-corrected chi connectivity index (χ4v) is 3.21. The molecular formula is C23H18ClN3O2. The summed E-state index contributed by atoms with van der Waals surface area (Å²) < 4.78 is 5.98. The minimum atomic E-state index is -0.358. The number of nitrogens with zero attached hydrogens (tertiary/aromatic N) is 2. The van der Waals surface area contributed by atoms with Crippen LogP contribution in [-0.2, 0) is 0 Å². The van der Waals surface area contributed by atoms with Crippen molar-refractivity contribution in [3.05, 3.63) is 101 Å². The second kappa shape index (κ2) is 8.29. The Morgan fingerprint density at radius 3 is 2.31 bits per heavy atom. The lowest BCUT2D eigenvalue weighted by Gasteiger charge is -2.17. The van der Waals surface area contributed by atoms with E-state index >= 15 is 0 Å². The van der Waals surface area contributed by atoms with Gasteiger partial charge in [0, 0.05) is 11.3 Å². The molecule has 1 N–H and O–H groups in total. The standard InChI is InChI=1S/C23H18ClN3O2/c1-15(28)16-11-13-18(14-12-16)25-21(17-7-3-2-4-8-17)23-27-26-22(29-23)19-9-5-6-10-20(19)24/h2-14,21,25H,1H3. The lowest BCUT2D eigenvalue weighted by atomic mass is 10.1. The maximum Gasteiger partial charge on any atom is 0.249 e. The van der Waals surface area contributed by atoms with Gasteiger partial charge in [0.15, 0.2) is 5.78 Å². The number of nitrogens with one attached hydrogen (secondary N) is 1. The van der Waals surface area contributed by atoms with E-state index in [9.17, 15) is 4.79 Å². The zero-order chi connectivity index (χ0) is 20.2. The topological polar surface area (TPSA) is 68.0 Å². The predicted molar refractivity (Wildman–Crippen MR) is 113 cm³/mol. The van der Waals surface area contributed by atoms with Crippen LogP contribution in [0.25, 0.3) is 11.5 Å². The van der Waals surface area contributed by atoms with Crippen molar-refractivity contribution in [3.63, 3.8) is 0 Å². The Morgan fingerprint density at radius 1 is 0.931 bits per heavy atom. The molecule has 0 fully saturated rings. The van der Waals surface area contributed by atoms with Gasteiger partial charge in [-0.25, -0.2) is 0 Å². The van der Waals surface area contributed by atoms with Gasteiger partial charge in [-0.3, -0.25) is 4.79 Å². The lowest BCUT2D eigenvalue weighted by molar-refractivity contribution is 0.101. The van der Waals surface area contributed by atoms with Crippen molar-refractivity contribution < 1.29 is 9.21 Å². The largest absolute Gasteiger partial charge is 0.418 e. The second-order valence-electron chi connectivity index (χ2n) is 6.55. The van der Waals surface area contributed by atoms with Crippen molar-refractivity contribution in [2.75, 3.05) is 5.32 Å². The van der Waals surface area contributed by atoms with Gasteiger partial charge in [-0.15, -0.1) is 10.2 Å². The summed E-state index contributed by atoms with van der Waals surface area (Å²) in [5.74, 6) is 0.805. The zero-order valence-electron chi connectivity index (χ0n) is 15.7. The van der Waals surface area contributed by atoms with E-state index in [1.807, 2.05) is 60.7 Å². The van der Waals surface area contributed by atoms with Crippen molar-refractivity contribution in [1.82, 2.24) is 10.2 Å². The Balaban J connectivity index is 1.69. The van der Waals surface area contributed by atoms with Crippen LogP contribution in [0.3, 0.4) is 0 Å². The molecule has 6 heteroatoms. The molecule has 1 heterocycles. The Hall–Kier alpha value is -3.44. The van der Waals surface area contributed by atoms with Crippen LogP contribution in [-0.4, -0.2) is 16.0 Å². The fourth-order valence-electron chi connectivity index (χ4n) is 3.00. The summed E-state index contributed by atoms with van der Waals surface area (Å²) in [5.41, 5.74) is 3.15. The summed E-state index contributed by atoms with van der Waals surface area (Å²) in [5, 5.41) is 12.4. The number of halogens is 1. The molecule has 0 saturated heterocycles. The van der Waals surface area contributed by atoms with Crippen LogP contribution in [0.15, 0.2) is 83.3 Å². The van der Waals surface area contributed by atoms with Gasteiger partial charge in [-0.2, -0.15) is 0 Å². The maximum absolute atomic E-state index is 11.5. The summed E-state index contributed by atoms with van der Waals surface area (Å²) in [6.45, 7) is 1.55. The first-order chi connectivity index (χ1) is 14.1. The first-order valence-electron chi connectivity index (χ1n) is 9.12. The van der Waals surface area contributed by atoms with Gasteiger partial charge in [0.1, 0.15) is 6.04 Å². The quantitative estimate of drug-likeness (QED) is 0.412. The Kier molecular flexibility index (Phi) is 5.40. The van der Waals surface area contributed by atoms with Gasteiger partial charge in [0.05, 0.1) is 10.6 Å². The molecule has 0 radical (unpaired) electrons. The molecule has 0 spiro atoms. The number of rotatable bonds is 6. The summed E-state index contributed by atoms with van der Waals surface area (Å²) in [7, 11) is 0. The summed E-state index contributed by atoms with van der Waals surface area (Å²) in [4.78, 5) is 11.5. The Morgan fingerprint density at radius 2 is 1.62 bits per heavy atom. The van der Waals surface area contributed by atoms with Crippen LogP contribution in [0.2, 0.25) is 5.02 Å². The molecule has 0 aliphatic carbocycles. The summed E-state index contributed by atoms with van der Waals surface area (Å²) in [6, 6.07) is 24.1. The maximum atomic E-state index is 11.5. The number of carbonyl (C=O) groups excluding carboxylic acids is 1. The number of ketones is 1. The Labute approximate surface area is 173 Å². The molecule has 0 aliphatic rings. The van der Waals surface area contributed by atoms with Crippen molar-refractivity contribution in [1.29, 1.82) is 0 Å². The number of aromatic nitrogens is 2. The third-order valence-electron chi connectivity index (χ3n) is 4.53. The second-order valence-corrected chi connectivity index (χ2v) is 6.95. The van der Waals surface area contributed by atoms with E-state index in [1.165, 1.54) is 0 Å². The normalized spacial score (nSPS) is 11.8. The molecule has 0 saturated carbocycles. The first kappa shape index (κ1) is 18.9. The molecule has 4 rings (SSSR count). The van der Waals surface area contributed by atoms with Crippen LogP contribution >= 0.6 is 11.6 Å². The third-order valence-corrected chi connectivity index (χ3v) is 4.86. The molecule has 0 amide bonds. The highest BCUT2D eigenvalue weighted by Gasteiger charge is 2.22.